The zero-order valence-corrected chi connectivity index (χ0v) is 16.2. The second kappa shape index (κ2) is 9.07. The molecule has 2 heterocycles. The fourth-order valence-corrected chi connectivity index (χ4v) is 3.24. The van der Waals surface area contributed by atoms with Gasteiger partial charge in [0.15, 0.2) is 6.10 Å². The summed E-state index contributed by atoms with van der Waals surface area (Å²) in [5.41, 5.74) is 1.26. The largest absolute Gasteiger partial charge is 0.750 e. The fourth-order valence-electron chi connectivity index (χ4n) is 2.90. The number of rotatable bonds is 8. The Morgan fingerprint density at radius 2 is 1.73 bits per heavy atom. The number of hydrogen-bond acceptors (Lipinski definition) is 9. The lowest BCUT2D eigenvalue weighted by atomic mass is 10.1. The van der Waals surface area contributed by atoms with E-state index >= 15 is 0 Å². The predicted octanol–water partition coefficient (Wildman–Crippen LogP) is -0.165. The van der Waals surface area contributed by atoms with Crippen molar-refractivity contribution in [1.82, 2.24) is 5.06 Å². The smallest absolute Gasteiger partial charge is 0.333 e. The zero-order chi connectivity index (χ0) is 21.8. The first-order valence-electron chi connectivity index (χ1n) is 8.75. The first kappa shape index (κ1) is 21.5. The van der Waals surface area contributed by atoms with Crippen LogP contribution in [0.5, 0.6) is 0 Å². The van der Waals surface area contributed by atoms with E-state index in [0.29, 0.717) is 18.5 Å². The molecule has 0 spiro atoms. The highest BCUT2D eigenvalue weighted by Crippen LogP contribution is 2.21. The third-order valence-corrected chi connectivity index (χ3v) is 4.69. The molecule has 1 fully saturated rings. The Hall–Kier alpha value is -3.22. The van der Waals surface area contributed by atoms with Gasteiger partial charge in [0.2, 0.25) is 0 Å². The number of amides is 4. The van der Waals surface area contributed by atoms with Crippen molar-refractivity contribution in [2.24, 2.45) is 0 Å². The van der Waals surface area contributed by atoms with Gasteiger partial charge < -0.3 is 9.39 Å². The van der Waals surface area contributed by atoms with E-state index in [1.165, 1.54) is 12.2 Å². The van der Waals surface area contributed by atoms with Gasteiger partial charge >= 0.3 is 5.97 Å². The molecule has 1 aromatic carbocycles. The molecule has 11 nitrogen and oxygen atoms in total. The van der Waals surface area contributed by atoms with E-state index < -0.39 is 53.5 Å². The van der Waals surface area contributed by atoms with Crippen LogP contribution >= 0.6 is 0 Å². The summed E-state index contributed by atoms with van der Waals surface area (Å²) < 4.78 is 25.2. The summed E-state index contributed by atoms with van der Waals surface area (Å²) in [4.78, 5) is 64.5. The van der Waals surface area contributed by atoms with Gasteiger partial charge in [-0.15, -0.1) is 0 Å². The van der Waals surface area contributed by atoms with E-state index in [0.717, 1.165) is 10.5 Å². The third-order valence-electron chi connectivity index (χ3n) is 4.30. The zero-order valence-electron chi connectivity index (χ0n) is 15.3. The average molecular weight is 435 g/mol. The van der Waals surface area contributed by atoms with Crippen LogP contribution in [0, 0.1) is 0 Å². The van der Waals surface area contributed by atoms with Gasteiger partial charge in [-0.1, -0.05) is 17.2 Å². The van der Waals surface area contributed by atoms with E-state index in [9.17, 15) is 32.7 Å². The minimum atomic E-state index is -2.99. The maximum Gasteiger partial charge on any atom is 0.333 e. The van der Waals surface area contributed by atoms with Crippen molar-refractivity contribution in [2.75, 3.05) is 4.90 Å². The number of benzene rings is 1. The summed E-state index contributed by atoms with van der Waals surface area (Å²) in [5, 5.41) is 0.215. The van der Waals surface area contributed by atoms with Gasteiger partial charge in [0, 0.05) is 18.6 Å². The molecule has 0 radical (unpaired) electrons. The summed E-state index contributed by atoms with van der Waals surface area (Å²) in [6.07, 6.45) is 0.986. The monoisotopic (exact) mass is 435 g/mol. The van der Waals surface area contributed by atoms with E-state index in [1.54, 1.807) is 24.3 Å². The van der Waals surface area contributed by atoms with Gasteiger partial charge in [0.25, 0.3) is 23.6 Å². The lowest BCUT2D eigenvalue weighted by Crippen LogP contribution is -2.35. The molecular formula is C18H15N2O9S-. The van der Waals surface area contributed by atoms with Crippen LogP contribution in [0.4, 0.5) is 5.69 Å². The Balaban J connectivity index is 1.46. The van der Waals surface area contributed by atoms with Gasteiger partial charge in [0.1, 0.15) is 0 Å². The molecule has 0 aliphatic carbocycles. The lowest BCUT2D eigenvalue weighted by molar-refractivity contribution is -0.198. The van der Waals surface area contributed by atoms with Crippen molar-refractivity contribution in [3.63, 3.8) is 0 Å². The van der Waals surface area contributed by atoms with E-state index in [2.05, 4.69) is 4.18 Å². The number of nitrogens with zero attached hydrogens (tertiary/aromatic N) is 2. The van der Waals surface area contributed by atoms with Crippen LogP contribution in [0.15, 0.2) is 36.4 Å². The van der Waals surface area contributed by atoms with Crippen molar-refractivity contribution in [2.45, 2.75) is 31.8 Å². The molecule has 0 bridgehead atoms. The van der Waals surface area contributed by atoms with Gasteiger partial charge in [-0.2, -0.15) is 0 Å². The molecule has 3 rings (SSSR count). The Labute approximate surface area is 172 Å². The molecule has 158 valence electrons. The van der Waals surface area contributed by atoms with Crippen LogP contribution in [0.25, 0.3) is 0 Å². The minimum Gasteiger partial charge on any atom is -0.750 e. The Morgan fingerprint density at radius 3 is 2.33 bits per heavy atom. The van der Waals surface area contributed by atoms with Gasteiger partial charge in [-0.3, -0.25) is 23.4 Å². The normalized spacial score (nSPS) is 19.7. The standard InChI is InChI=1S/C18H16N2O9S/c21-14-8-9-15(22)19(14)12-6-4-11(5-7-12)2-1-3-17(24)28-20-16(23)10-13(18(20)25)29-30(26)27/h4-9,13H,1-3,10H2,(H,26,27)/p-1. The highest BCUT2D eigenvalue weighted by Gasteiger charge is 2.43. The summed E-state index contributed by atoms with van der Waals surface area (Å²) >= 11 is -2.99. The molecule has 4 amide bonds. The van der Waals surface area contributed by atoms with Crippen molar-refractivity contribution in [3.05, 3.63) is 42.0 Å². The molecule has 2 atom stereocenters. The highest BCUT2D eigenvalue weighted by molar-refractivity contribution is 7.74. The number of aryl methyl sites for hydroxylation is 1. The van der Waals surface area contributed by atoms with Crippen molar-refractivity contribution in [1.29, 1.82) is 0 Å². The molecule has 2 aliphatic heterocycles. The quantitative estimate of drug-likeness (QED) is 0.400. The number of hydrogen-bond donors (Lipinski definition) is 0. The number of anilines is 1. The Bertz CT molecular complexity index is 939. The van der Waals surface area contributed by atoms with Crippen LogP contribution in [0.2, 0.25) is 0 Å². The van der Waals surface area contributed by atoms with Crippen molar-refractivity contribution in [3.8, 4) is 0 Å². The number of hydroxylamine groups is 2. The Morgan fingerprint density at radius 1 is 1.10 bits per heavy atom. The first-order chi connectivity index (χ1) is 14.3. The highest BCUT2D eigenvalue weighted by atomic mass is 32.2. The average Bonchev–Trinajstić information content (AvgIpc) is 3.15. The molecule has 0 N–H and O–H groups in total. The SMILES string of the molecule is O=C(CCCc1ccc(N2C(=O)C=CC2=O)cc1)ON1C(=O)CC(OS(=O)[O-])C1=O. The van der Waals surface area contributed by atoms with Gasteiger partial charge in [-0.05, 0) is 30.5 Å². The topological polar surface area (TPSA) is 150 Å². The summed E-state index contributed by atoms with van der Waals surface area (Å²) in [6, 6.07) is 6.63. The lowest BCUT2D eigenvalue weighted by Gasteiger charge is -2.15. The molecule has 0 aromatic heterocycles. The second-order valence-corrected chi connectivity index (χ2v) is 6.95. The van der Waals surface area contributed by atoms with Crippen LogP contribution in [-0.2, 0) is 50.8 Å². The summed E-state index contributed by atoms with van der Waals surface area (Å²) in [6.45, 7) is 0. The number of carbonyl (C=O) groups excluding carboxylic acids is 5. The molecule has 12 heteroatoms. The van der Waals surface area contributed by atoms with Gasteiger partial charge in [-0.25, -0.2) is 13.9 Å². The molecule has 2 unspecified atom stereocenters. The predicted molar refractivity (Wildman–Crippen MR) is 97.4 cm³/mol. The molecular weight excluding hydrogens is 420 g/mol. The Kier molecular flexibility index (Phi) is 6.50. The molecule has 0 saturated carbocycles. The maximum atomic E-state index is 11.9. The maximum absolute atomic E-state index is 11.9. The first-order valence-corrected chi connectivity index (χ1v) is 9.75. The molecule has 2 aliphatic rings. The fraction of sp³-hybridized carbons (Fsp3) is 0.278. The summed E-state index contributed by atoms with van der Waals surface area (Å²) in [7, 11) is 0. The van der Waals surface area contributed by atoms with E-state index in [1.807, 2.05) is 0 Å². The number of imide groups is 2. The van der Waals surface area contributed by atoms with Crippen molar-refractivity contribution >= 4 is 46.6 Å². The molecule has 1 aromatic rings. The van der Waals surface area contributed by atoms with Crippen LogP contribution < -0.4 is 4.90 Å². The number of carbonyl (C=O) groups is 5. The molecule has 30 heavy (non-hydrogen) atoms. The van der Waals surface area contributed by atoms with Gasteiger partial charge in [0.05, 0.1) is 23.5 Å². The second-order valence-electron chi connectivity index (χ2n) is 6.35. The van der Waals surface area contributed by atoms with Crippen LogP contribution in [0.1, 0.15) is 24.8 Å². The van der Waals surface area contributed by atoms with Crippen LogP contribution in [0.3, 0.4) is 0 Å². The third kappa shape index (κ3) is 4.84. The minimum absolute atomic E-state index is 0.106. The molecule has 1 saturated heterocycles. The van der Waals surface area contributed by atoms with E-state index in [4.69, 9.17) is 4.84 Å². The van der Waals surface area contributed by atoms with E-state index in [-0.39, 0.29) is 11.5 Å². The summed E-state index contributed by atoms with van der Waals surface area (Å²) in [5.74, 6) is -3.61. The van der Waals surface area contributed by atoms with Crippen LogP contribution in [-0.4, -0.2) is 49.5 Å². The van der Waals surface area contributed by atoms with Crippen molar-refractivity contribution < 1.29 is 41.8 Å².